The Kier molecular flexibility index (Phi) is 5.31. The lowest BCUT2D eigenvalue weighted by atomic mass is 10.1. The van der Waals surface area contributed by atoms with Crippen LogP contribution < -0.4 is 0 Å². The van der Waals surface area contributed by atoms with Crippen molar-refractivity contribution in [1.29, 1.82) is 0 Å². The first-order chi connectivity index (χ1) is 9.67. The van der Waals surface area contributed by atoms with Crippen molar-refractivity contribution >= 4 is 5.78 Å². The third-order valence-corrected chi connectivity index (χ3v) is 3.89. The Labute approximate surface area is 120 Å². The van der Waals surface area contributed by atoms with Crippen molar-refractivity contribution in [1.82, 2.24) is 14.7 Å². The summed E-state index contributed by atoms with van der Waals surface area (Å²) in [6, 6.07) is 2.04. The first-order valence-corrected chi connectivity index (χ1v) is 7.60. The minimum absolute atomic E-state index is 0.167. The van der Waals surface area contributed by atoms with E-state index in [0.29, 0.717) is 13.0 Å². The molecule has 2 heterocycles. The minimum Gasteiger partial charge on any atom is -0.368 e. The van der Waals surface area contributed by atoms with Gasteiger partial charge in [-0.05, 0) is 26.0 Å². The smallest absolute Gasteiger partial charge is 0.168 e. The van der Waals surface area contributed by atoms with Crippen molar-refractivity contribution in [3.63, 3.8) is 0 Å². The molecule has 0 N–H and O–H groups in total. The first kappa shape index (κ1) is 15.2. The minimum atomic E-state index is -0.283. The molecule has 112 valence electrons. The molecule has 2 rings (SSSR count). The summed E-state index contributed by atoms with van der Waals surface area (Å²) in [6.45, 7) is 10.3. The molecule has 0 radical (unpaired) electrons. The lowest BCUT2D eigenvalue weighted by Gasteiger charge is -2.31. The van der Waals surface area contributed by atoms with Crippen LogP contribution in [-0.2, 0) is 28.9 Å². The van der Waals surface area contributed by atoms with E-state index in [2.05, 4.69) is 30.8 Å². The zero-order chi connectivity index (χ0) is 14.5. The molecule has 1 aliphatic heterocycles. The van der Waals surface area contributed by atoms with E-state index in [1.807, 2.05) is 10.7 Å². The average molecular weight is 279 g/mol. The molecule has 1 saturated heterocycles. The molecule has 0 bridgehead atoms. The zero-order valence-electron chi connectivity index (χ0n) is 12.8. The molecule has 1 fully saturated rings. The van der Waals surface area contributed by atoms with Crippen LogP contribution in [0.15, 0.2) is 6.07 Å². The Hall–Kier alpha value is -1.20. The highest BCUT2D eigenvalue weighted by molar-refractivity contribution is 5.85. The van der Waals surface area contributed by atoms with E-state index in [4.69, 9.17) is 4.74 Å². The molecule has 20 heavy (non-hydrogen) atoms. The van der Waals surface area contributed by atoms with Gasteiger partial charge < -0.3 is 4.74 Å². The van der Waals surface area contributed by atoms with Gasteiger partial charge in [-0.2, -0.15) is 5.10 Å². The van der Waals surface area contributed by atoms with Crippen molar-refractivity contribution in [3.8, 4) is 0 Å². The lowest BCUT2D eigenvalue weighted by molar-refractivity contribution is -0.135. The summed E-state index contributed by atoms with van der Waals surface area (Å²) in [6.07, 6.45) is 1.04. The number of hydrogen-bond acceptors (Lipinski definition) is 4. The summed E-state index contributed by atoms with van der Waals surface area (Å²) in [5.41, 5.74) is 2.06. The van der Waals surface area contributed by atoms with E-state index in [1.54, 1.807) is 0 Å². The number of ether oxygens (including phenoxy) is 1. The highest BCUT2D eigenvalue weighted by Crippen LogP contribution is 2.12. The van der Waals surface area contributed by atoms with Crippen molar-refractivity contribution < 1.29 is 9.53 Å². The van der Waals surface area contributed by atoms with Crippen molar-refractivity contribution in [2.45, 2.75) is 46.3 Å². The van der Waals surface area contributed by atoms with Crippen LogP contribution in [0.3, 0.4) is 0 Å². The number of aromatic nitrogens is 2. The number of morpholine rings is 1. The molecule has 0 aliphatic carbocycles. The SMILES string of the molecule is CCc1cc(CC(=O)C2CN(CC)CCO2)n(CC)n1. The van der Waals surface area contributed by atoms with Gasteiger partial charge in [0.2, 0.25) is 0 Å². The molecule has 0 aromatic carbocycles. The average Bonchev–Trinajstić information content (AvgIpc) is 2.89. The number of rotatable bonds is 6. The Morgan fingerprint density at radius 2 is 2.20 bits per heavy atom. The fourth-order valence-corrected chi connectivity index (χ4v) is 2.58. The predicted octanol–water partition coefficient (Wildman–Crippen LogP) is 1.30. The quantitative estimate of drug-likeness (QED) is 0.787. The number of ketones is 1. The largest absolute Gasteiger partial charge is 0.368 e. The van der Waals surface area contributed by atoms with Gasteiger partial charge in [-0.25, -0.2) is 0 Å². The second kappa shape index (κ2) is 6.99. The van der Waals surface area contributed by atoms with Crippen LogP contribution in [0.2, 0.25) is 0 Å². The van der Waals surface area contributed by atoms with Crippen molar-refractivity contribution in [3.05, 3.63) is 17.5 Å². The van der Waals surface area contributed by atoms with E-state index in [1.165, 1.54) is 0 Å². The van der Waals surface area contributed by atoms with Crippen LogP contribution in [0.4, 0.5) is 0 Å². The molecule has 5 nitrogen and oxygen atoms in total. The van der Waals surface area contributed by atoms with Gasteiger partial charge in [0.05, 0.1) is 18.7 Å². The number of nitrogens with zero attached hydrogens (tertiary/aromatic N) is 3. The fraction of sp³-hybridized carbons (Fsp3) is 0.733. The maximum Gasteiger partial charge on any atom is 0.168 e. The van der Waals surface area contributed by atoms with E-state index >= 15 is 0 Å². The summed E-state index contributed by atoms with van der Waals surface area (Å²) in [5, 5.41) is 4.49. The number of aryl methyl sites for hydroxylation is 2. The van der Waals surface area contributed by atoms with Crippen LogP contribution in [0, 0.1) is 0 Å². The van der Waals surface area contributed by atoms with E-state index in [9.17, 15) is 4.79 Å². The summed E-state index contributed by atoms with van der Waals surface area (Å²) in [5.74, 6) is 0.167. The second-order valence-corrected chi connectivity index (χ2v) is 5.19. The van der Waals surface area contributed by atoms with Gasteiger partial charge in [-0.3, -0.25) is 14.4 Å². The van der Waals surface area contributed by atoms with Gasteiger partial charge in [0.25, 0.3) is 0 Å². The maximum atomic E-state index is 12.4. The van der Waals surface area contributed by atoms with E-state index < -0.39 is 0 Å². The molecule has 1 unspecified atom stereocenters. The normalized spacial score (nSPS) is 20.2. The van der Waals surface area contributed by atoms with Crippen LogP contribution in [0.5, 0.6) is 0 Å². The molecule has 1 aromatic heterocycles. The van der Waals surface area contributed by atoms with E-state index in [-0.39, 0.29) is 11.9 Å². The summed E-state index contributed by atoms with van der Waals surface area (Å²) in [4.78, 5) is 14.7. The van der Waals surface area contributed by atoms with Crippen molar-refractivity contribution in [2.24, 2.45) is 0 Å². The predicted molar refractivity (Wildman–Crippen MR) is 77.8 cm³/mol. The molecule has 0 amide bonds. The Morgan fingerprint density at radius 3 is 2.85 bits per heavy atom. The number of hydrogen-bond donors (Lipinski definition) is 0. The molecule has 5 heteroatoms. The van der Waals surface area contributed by atoms with E-state index in [0.717, 1.165) is 44.0 Å². The summed E-state index contributed by atoms with van der Waals surface area (Å²) in [7, 11) is 0. The van der Waals surface area contributed by atoms with Crippen LogP contribution in [-0.4, -0.2) is 52.8 Å². The molecule has 0 spiro atoms. The number of carbonyl (C=O) groups is 1. The van der Waals surface area contributed by atoms with Gasteiger partial charge in [0, 0.05) is 25.3 Å². The zero-order valence-corrected chi connectivity index (χ0v) is 12.8. The number of carbonyl (C=O) groups excluding carboxylic acids is 1. The molecule has 1 aromatic rings. The second-order valence-electron chi connectivity index (χ2n) is 5.19. The number of Topliss-reactive ketones (excluding diaryl/α,β-unsaturated/α-hetero) is 1. The topological polar surface area (TPSA) is 47.4 Å². The first-order valence-electron chi connectivity index (χ1n) is 7.60. The highest BCUT2D eigenvalue weighted by Gasteiger charge is 2.26. The Bertz CT molecular complexity index is 456. The van der Waals surface area contributed by atoms with Gasteiger partial charge >= 0.3 is 0 Å². The molecular weight excluding hydrogens is 254 g/mol. The van der Waals surface area contributed by atoms with Crippen LogP contribution >= 0.6 is 0 Å². The monoisotopic (exact) mass is 279 g/mol. The highest BCUT2D eigenvalue weighted by atomic mass is 16.5. The Balaban J connectivity index is 2.01. The lowest BCUT2D eigenvalue weighted by Crippen LogP contribution is -2.46. The molecular formula is C15H25N3O2. The molecule has 0 saturated carbocycles. The third kappa shape index (κ3) is 3.46. The molecule has 1 atom stereocenters. The number of likely N-dealkylation sites (N-methyl/N-ethyl adjacent to an activating group) is 1. The van der Waals surface area contributed by atoms with Crippen molar-refractivity contribution in [2.75, 3.05) is 26.2 Å². The molecule has 1 aliphatic rings. The van der Waals surface area contributed by atoms with Gasteiger partial charge in [-0.1, -0.05) is 13.8 Å². The van der Waals surface area contributed by atoms with Gasteiger partial charge in [-0.15, -0.1) is 0 Å². The third-order valence-electron chi connectivity index (χ3n) is 3.89. The Morgan fingerprint density at radius 1 is 1.40 bits per heavy atom. The fourth-order valence-electron chi connectivity index (χ4n) is 2.58. The maximum absolute atomic E-state index is 12.4. The summed E-state index contributed by atoms with van der Waals surface area (Å²) < 4.78 is 7.56. The summed E-state index contributed by atoms with van der Waals surface area (Å²) >= 11 is 0. The van der Waals surface area contributed by atoms with Gasteiger partial charge in [0.15, 0.2) is 5.78 Å². The van der Waals surface area contributed by atoms with Crippen LogP contribution in [0.25, 0.3) is 0 Å². The van der Waals surface area contributed by atoms with Gasteiger partial charge in [0.1, 0.15) is 6.10 Å². The van der Waals surface area contributed by atoms with Crippen LogP contribution in [0.1, 0.15) is 32.2 Å². The standard InChI is InChI=1S/C15H25N3O2/c1-4-12-9-13(18(6-3)16-12)10-14(19)15-11-17(5-2)7-8-20-15/h9,15H,4-8,10-11H2,1-3H3.